The maximum absolute atomic E-state index is 12.5. The summed E-state index contributed by atoms with van der Waals surface area (Å²) in [5.74, 6) is -0.529. The number of hydrogen-bond acceptors (Lipinski definition) is 4. The summed E-state index contributed by atoms with van der Waals surface area (Å²) in [7, 11) is -2.14. The third kappa shape index (κ3) is 2.50. The monoisotopic (exact) mass is 287 g/mol. The SMILES string of the molecule is Cc1nc(S(=O)(=O)N2CCCC[C@H]2C(=O)O)cn1C. The molecule has 1 N–H and O–H groups in total. The highest BCUT2D eigenvalue weighted by Crippen LogP contribution is 2.25. The zero-order valence-electron chi connectivity index (χ0n) is 10.9. The van der Waals surface area contributed by atoms with Crippen molar-refractivity contribution in [2.75, 3.05) is 6.54 Å². The first-order valence-electron chi connectivity index (χ1n) is 6.08. The van der Waals surface area contributed by atoms with Crippen molar-refractivity contribution in [2.45, 2.75) is 37.3 Å². The minimum atomic E-state index is -3.84. The Bertz CT molecular complexity index is 574. The molecule has 1 aromatic heterocycles. The van der Waals surface area contributed by atoms with Gasteiger partial charge in [0, 0.05) is 19.8 Å². The Kier molecular flexibility index (Phi) is 3.64. The van der Waals surface area contributed by atoms with E-state index in [1.807, 2.05) is 0 Å². The molecule has 1 atom stereocenters. The third-order valence-corrected chi connectivity index (χ3v) is 5.18. The smallest absolute Gasteiger partial charge is 0.322 e. The highest BCUT2D eigenvalue weighted by Gasteiger charge is 2.38. The van der Waals surface area contributed by atoms with E-state index in [2.05, 4.69) is 4.98 Å². The molecule has 2 heterocycles. The van der Waals surface area contributed by atoms with Crippen molar-refractivity contribution in [3.63, 3.8) is 0 Å². The number of carboxylic acids is 1. The molecule has 19 heavy (non-hydrogen) atoms. The lowest BCUT2D eigenvalue weighted by Gasteiger charge is -2.31. The number of hydrogen-bond donors (Lipinski definition) is 1. The molecule has 1 fully saturated rings. The van der Waals surface area contributed by atoms with E-state index in [-0.39, 0.29) is 11.6 Å². The molecule has 1 aliphatic heterocycles. The number of nitrogens with zero attached hydrogens (tertiary/aromatic N) is 3. The van der Waals surface area contributed by atoms with Crippen molar-refractivity contribution in [3.05, 3.63) is 12.0 Å². The van der Waals surface area contributed by atoms with Gasteiger partial charge in [-0.15, -0.1) is 0 Å². The zero-order chi connectivity index (χ0) is 14.2. The van der Waals surface area contributed by atoms with E-state index in [0.717, 1.165) is 10.7 Å². The van der Waals surface area contributed by atoms with Crippen LogP contribution in [0.2, 0.25) is 0 Å². The molecule has 0 spiro atoms. The van der Waals surface area contributed by atoms with Crippen LogP contribution in [0.5, 0.6) is 0 Å². The van der Waals surface area contributed by atoms with Gasteiger partial charge in [-0.2, -0.15) is 4.31 Å². The van der Waals surface area contributed by atoms with Crippen LogP contribution >= 0.6 is 0 Å². The van der Waals surface area contributed by atoms with Crippen LogP contribution in [0.15, 0.2) is 11.2 Å². The van der Waals surface area contributed by atoms with Crippen LogP contribution in [0.4, 0.5) is 0 Å². The highest BCUT2D eigenvalue weighted by atomic mass is 32.2. The number of sulfonamides is 1. The van der Waals surface area contributed by atoms with Crippen LogP contribution in [-0.2, 0) is 21.9 Å². The minimum Gasteiger partial charge on any atom is -0.480 e. The Balaban J connectivity index is 2.39. The lowest BCUT2D eigenvalue weighted by atomic mass is 10.1. The summed E-state index contributed by atoms with van der Waals surface area (Å²) in [5.41, 5.74) is 0. The average molecular weight is 287 g/mol. The van der Waals surface area contributed by atoms with Gasteiger partial charge in [0.25, 0.3) is 10.0 Å². The summed E-state index contributed by atoms with van der Waals surface area (Å²) in [5, 5.41) is 9.06. The average Bonchev–Trinajstić information content (AvgIpc) is 2.70. The molecule has 106 valence electrons. The largest absolute Gasteiger partial charge is 0.480 e. The molecule has 1 saturated heterocycles. The molecule has 1 aromatic rings. The lowest BCUT2D eigenvalue weighted by Crippen LogP contribution is -2.47. The number of piperidine rings is 1. The summed E-state index contributed by atoms with van der Waals surface area (Å²) in [6.07, 6.45) is 3.16. The van der Waals surface area contributed by atoms with Crippen molar-refractivity contribution in [1.29, 1.82) is 0 Å². The van der Waals surface area contributed by atoms with Crippen molar-refractivity contribution in [1.82, 2.24) is 13.9 Å². The molecule has 8 heteroatoms. The maximum Gasteiger partial charge on any atom is 0.322 e. The van der Waals surface area contributed by atoms with Crippen LogP contribution in [0.1, 0.15) is 25.1 Å². The second-order valence-corrected chi connectivity index (χ2v) is 6.54. The normalized spacial score (nSPS) is 21.5. The van der Waals surface area contributed by atoms with Crippen molar-refractivity contribution >= 4 is 16.0 Å². The van der Waals surface area contributed by atoms with Crippen LogP contribution in [0.25, 0.3) is 0 Å². The molecule has 0 amide bonds. The fourth-order valence-corrected chi connectivity index (χ4v) is 3.89. The quantitative estimate of drug-likeness (QED) is 0.866. The molecular weight excluding hydrogens is 270 g/mol. The Labute approximate surface area is 111 Å². The van der Waals surface area contributed by atoms with Crippen molar-refractivity contribution in [3.8, 4) is 0 Å². The lowest BCUT2D eigenvalue weighted by molar-refractivity contribution is -0.142. The Hall–Kier alpha value is -1.41. The van der Waals surface area contributed by atoms with E-state index in [1.165, 1.54) is 6.20 Å². The first kappa shape index (κ1) is 14.0. The molecule has 0 aliphatic carbocycles. The highest BCUT2D eigenvalue weighted by molar-refractivity contribution is 7.89. The number of aryl methyl sites for hydroxylation is 2. The van der Waals surface area contributed by atoms with Crippen LogP contribution in [0, 0.1) is 6.92 Å². The summed E-state index contributed by atoms with van der Waals surface area (Å²) in [6, 6.07) is -0.985. The zero-order valence-corrected chi connectivity index (χ0v) is 11.7. The van der Waals surface area contributed by atoms with E-state index >= 15 is 0 Å². The number of carbonyl (C=O) groups is 1. The maximum atomic E-state index is 12.5. The predicted molar refractivity (Wildman–Crippen MR) is 67.1 cm³/mol. The van der Waals surface area contributed by atoms with Gasteiger partial charge < -0.3 is 9.67 Å². The number of carboxylic acid groups (broad SMARTS) is 1. The molecule has 1 aliphatic rings. The van der Waals surface area contributed by atoms with Gasteiger partial charge in [-0.1, -0.05) is 0 Å². The van der Waals surface area contributed by atoms with Gasteiger partial charge in [0.2, 0.25) is 0 Å². The Morgan fingerprint density at radius 2 is 2.16 bits per heavy atom. The van der Waals surface area contributed by atoms with Gasteiger partial charge in [-0.25, -0.2) is 13.4 Å². The van der Waals surface area contributed by atoms with Gasteiger partial charge in [0.1, 0.15) is 11.9 Å². The van der Waals surface area contributed by atoms with Crippen LogP contribution < -0.4 is 0 Å². The summed E-state index contributed by atoms with van der Waals surface area (Å²) < 4.78 is 27.6. The second-order valence-electron chi connectivity index (χ2n) is 4.70. The first-order chi connectivity index (χ1) is 8.84. The van der Waals surface area contributed by atoms with E-state index in [4.69, 9.17) is 5.11 Å². The van der Waals surface area contributed by atoms with E-state index < -0.39 is 22.0 Å². The fourth-order valence-electron chi connectivity index (χ4n) is 2.21. The molecule has 0 bridgehead atoms. The molecule has 7 nitrogen and oxygen atoms in total. The van der Waals surface area contributed by atoms with E-state index in [0.29, 0.717) is 18.7 Å². The van der Waals surface area contributed by atoms with Crippen molar-refractivity contribution in [2.24, 2.45) is 7.05 Å². The molecule has 0 aromatic carbocycles. The summed E-state index contributed by atoms with van der Waals surface area (Å²) in [6.45, 7) is 1.93. The number of imidazole rings is 1. The molecular formula is C11H17N3O4S. The third-order valence-electron chi connectivity index (χ3n) is 3.40. The molecule has 0 saturated carbocycles. The Morgan fingerprint density at radius 1 is 1.47 bits per heavy atom. The van der Waals surface area contributed by atoms with Gasteiger partial charge in [0.05, 0.1) is 0 Å². The standard InChI is InChI=1S/C11H17N3O4S/c1-8-12-10(7-13(8)2)19(17,18)14-6-4-3-5-9(14)11(15)16/h7,9H,3-6H2,1-2H3,(H,15,16)/t9-/m0/s1. The second kappa shape index (κ2) is 4.93. The fraction of sp³-hybridized carbons (Fsp3) is 0.636. The number of rotatable bonds is 3. The first-order valence-corrected chi connectivity index (χ1v) is 7.52. The van der Waals surface area contributed by atoms with Crippen LogP contribution in [-0.4, -0.2) is 45.9 Å². The summed E-state index contributed by atoms with van der Waals surface area (Å²) in [4.78, 5) is 15.2. The summed E-state index contributed by atoms with van der Waals surface area (Å²) >= 11 is 0. The van der Waals surface area contributed by atoms with Crippen LogP contribution in [0.3, 0.4) is 0 Å². The van der Waals surface area contributed by atoms with E-state index in [1.54, 1.807) is 18.5 Å². The van der Waals surface area contributed by atoms with Gasteiger partial charge in [0.15, 0.2) is 5.03 Å². The topological polar surface area (TPSA) is 92.5 Å². The Morgan fingerprint density at radius 3 is 2.68 bits per heavy atom. The molecule has 0 unspecified atom stereocenters. The predicted octanol–water partition coefficient (Wildman–Crippen LogP) is 0.356. The molecule has 2 rings (SSSR count). The van der Waals surface area contributed by atoms with Crippen molar-refractivity contribution < 1.29 is 18.3 Å². The van der Waals surface area contributed by atoms with Gasteiger partial charge in [-0.05, 0) is 26.2 Å². The number of aromatic nitrogens is 2. The minimum absolute atomic E-state index is 0.0827. The number of aliphatic carboxylic acids is 1. The van der Waals surface area contributed by atoms with E-state index in [9.17, 15) is 13.2 Å². The molecule has 0 radical (unpaired) electrons. The van der Waals surface area contributed by atoms with Gasteiger partial charge >= 0.3 is 5.97 Å². The van der Waals surface area contributed by atoms with Gasteiger partial charge in [-0.3, -0.25) is 4.79 Å².